The summed E-state index contributed by atoms with van der Waals surface area (Å²) in [6.07, 6.45) is 3.73. The molecule has 2 aliphatic rings. The number of carbonyl (C=O) groups excluding carboxylic acids is 1. The van der Waals surface area contributed by atoms with E-state index in [0.717, 1.165) is 19.6 Å². The van der Waals surface area contributed by atoms with Crippen LogP contribution in [-0.2, 0) is 4.74 Å². The van der Waals surface area contributed by atoms with Crippen LogP contribution in [0, 0.1) is 0 Å². The second kappa shape index (κ2) is 3.96. The van der Waals surface area contributed by atoms with E-state index in [1.807, 2.05) is 0 Å². The summed E-state index contributed by atoms with van der Waals surface area (Å²) in [5.41, 5.74) is 0. The molecule has 74 valence electrons. The van der Waals surface area contributed by atoms with Crippen LogP contribution in [0.5, 0.6) is 0 Å². The largest absolute Gasteiger partial charge is 0.443 e. The minimum Gasteiger partial charge on any atom is -0.443 e. The molecule has 1 N–H and O–H groups in total. The average molecular weight is 184 g/mol. The van der Waals surface area contributed by atoms with Crippen LogP contribution in [0.25, 0.3) is 0 Å². The second-order valence-electron chi connectivity index (χ2n) is 3.77. The minimum atomic E-state index is -0.262. The van der Waals surface area contributed by atoms with E-state index < -0.39 is 0 Å². The molecule has 0 aromatic rings. The molecule has 13 heavy (non-hydrogen) atoms. The predicted molar refractivity (Wildman–Crippen MR) is 48.6 cm³/mol. The predicted octanol–water partition coefficient (Wildman–Crippen LogP) is 0.581. The maximum absolute atomic E-state index is 10.7. The van der Waals surface area contributed by atoms with Gasteiger partial charge in [-0.25, -0.2) is 4.79 Å². The molecule has 0 aromatic heterocycles. The second-order valence-corrected chi connectivity index (χ2v) is 3.77. The molecule has 0 bridgehead atoms. The Hall–Kier alpha value is -0.770. The van der Waals surface area contributed by atoms with Crippen molar-refractivity contribution in [2.24, 2.45) is 0 Å². The standard InChI is InChI=1S/C9H16N2O2/c12-9-10-6-8(13-9)7-11-4-2-1-3-5-11/h8H,1-7H2,(H,10,12). The highest BCUT2D eigenvalue weighted by Crippen LogP contribution is 2.11. The summed E-state index contributed by atoms with van der Waals surface area (Å²) < 4.78 is 5.07. The van der Waals surface area contributed by atoms with E-state index in [4.69, 9.17) is 4.74 Å². The normalized spacial score (nSPS) is 29.8. The average Bonchev–Trinajstić information content (AvgIpc) is 2.53. The number of alkyl carbamates (subject to hydrolysis) is 1. The number of cyclic esters (lactones) is 1. The molecule has 4 nitrogen and oxygen atoms in total. The summed E-state index contributed by atoms with van der Waals surface area (Å²) >= 11 is 0. The first-order valence-corrected chi connectivity index (χ1v) is 5.01. The van der Waals surface area contributed by atoms with Gasteiger partial charge in [-0.2, -0.15) is 0 Å². The summed E-state index contributed by atoms with van der Waals surface area (Å²) in [5, 5.41) is 2.67. The number of piperidine rings is 1. The molecule has 2 heterocycles. The zero-order valence-corrected chi connectivity index (χ0v) is 7.79. The monoisotopic (exact) mass is 184 g/mol. The van der Waals surface area contributed by atoms with Gasteiger partial charge in [0.2, 0.25) is 0 Å². The van der Waals surface area contributed by atoms with Crippen molar-refractivity contribution < 1.29 is 9.53 Å². The Bertz CT molecular complexity index is 190. The van der Waals surface area contributed by atoms with Gasteiger partial charge >= 0.3 is 6.09 Å². The SMILES string of the molecule is O=C1NCC(CN2CCCCC2)O1. The van der Waals surface area contributed by atoms with Crippen molar-refractivity contribution in [1.82, 2.24) is 10.2 Å². The van der Waals surface area contributed by atoms with Crippen molar-refractivity contribution in [3.63, 3.8) is 0 Å². The molecule has 2 aliphatic heterocycles. The molecule has 0 saturated carbocycles. The number of amides is 1. The number of hydrogen-bond acceptors (Lipinski definition) is 3. The van der Waals surface area contributed by atoms with Crippen LogP contribution in [0.2, 0.25) is 0 Å². The number of carbonyl (C=O) groups is 1. The van der Waals surface area contributed by atoms with E-state index in [1.165, 1.54) is 19.3 Å². The maximum Gasteiger partial charge on any atom is 0.407 e. The van der Waals surface area contributed by atoms with Gasteiger partial charge in [0.1, 0.15) is 6.10 Å². The fourth-order valence-electron chi connectivity index (χ4n) is 1.96. The van der Waals surface area contributed by atoms with Crippen LogP contribution in [0.1, 0.15) is 19.3 Å². The van der Waals surface area contributed by atoms with Gasteiger partial charge in [0, 0.05) is 6.54 Å². The number of hydrogen-bond donors (Lipinski definition) is 1. The highest BCUT2D eigenvalue weighted by molar-refractivity contribution is 5.69. The third kappa shape index (κ3) is 2.34. The Labute approximate surface area is 78.2 Å². The Kier molecular flexibility index (Phi) is 2.68. The number of nitrogens with zero attached hydrogens (tertiary/aromatic N) is 1. The molecule has 2 saturated heterocycles. The summed E-state index contributed by atoms with van der Waals surface area (Å²) in [5.74, 6) is 0. The highest BCUT2D eigenvalue weighted by Gasteiger charge is 2.25. The van der Waals surface area contributed by atoms with Crippen molar-refractivity contribution in [3.05, 3.63) is 0 Å². The molecule has 0 radical (unpaired) electrons. The van der Waals surface area contributed by atoms with E-state index >= 15 is 0 Å². The van der Waals surface area contributed by atoms with E-state index in [9.17, 15) is 4.79 Å². The van der Waals surface area contributed by atoms with Crippen LogP contribution in [0.4, 0.5) is 4.79 Å². The Balaban J connectivity index is 1.73. The zero-order chi connectivity index (χ0) is 9.10. The summed E-state index contributed by atoms with van der Waals surface area (Å²) in [6.45, 7) is 3.90. The first kappa shape index (κ1) is 8.81. The number of likely N-dealkylation sites (tertiary alicyclic amines) is 1. The Morgan fingerprint density at radius 3 is 2.77 bits per heavy atom. The lowest BCUT2D eigenvalue weighted by molar-refractivity contribution is 0.100. The number of ether oxygens (including phenoxy) is 1. The molecule has 2 fully saturated rings. The lowest BCUT2D eigenvalue weighted by Gasteiger charge is -2.27. The van der Waals surface area contributed by atoms with Crippen LogP contribution in [0.15, 0.2) is 0 Å². The first-order chi connectivity index (χ1) is 6.34. The molecule has 2 rings (SSSR count). The molecule has 1 amide bonds. The molecule has 0 aliphatic carbocycles. The molecule has 0 aromatic carbocycles. The topological polar surface area (TPSA) is 41.6 Å². The zero-order valence-electron chi connectivity index (χ0n) is 7.79. The summed E-state index contributed by atoms with van der Waals surface area (Å²) in [6, 6.07) is 0. The minimum absolute atomic E-state index is 0.0746. The van der Waals surface area contributed by atoms with E-state index in [0.29, 0.717) is 6.54 Å². The van der Waals surface area contributed by atoms with Gasteiger partial charge in [-0.05, 0) is 25.9 Å². The lowest BCUT2D eigenvalue weighted by atomic mass is 10.1. The summed E-state index contributed by atoms with van der Waals surface area (Å²) in [4.78, 5) is 13.1. The molecular formula is C9H16N2O2. The molecular weight excluding hydrogens is 168 g/mol. The van der Waals surface area contributed by atoms with Crippen LogP contribution < -0.4 is 5.32 Å². The number of rotatable bonds is 2. The molecule has 1 atom stereocenters. The van der Waals surface area contributed by atoms with Gasteiger partial charge in [0.25, 0.3) is 0 Å². The third-order valence-corrected chi connectivity index (χ3v) is 2.66. The van der Waals surface area contributed by atoms with E-state index in [-0.39, 0.29) is 12.2 Å². The van der Waals surface area contributed by atoms with Gasteiger partial charge in [-0.15, -0.1) is 0 Å². The van der Waals surface area contributed by atoms with Crippen molar-refractivity contribution in [1.29, 1.82) is 0 Å². The molecule has 1 unspecified atom stereocenters. The van der Waals surface area contributed by atoms with Gasteiger partial charge in [0.15, 0.2) is 0 Å². The maximum atomic E-state index is 10.7. The first-order valence-electron chi connectivity index (χ1n) is 5.01. The third-order valence-electron chi connectivity index (χ3n) is 2.66. The summed E-state index contributed by atoms with van der Waals surface area (Å²) in [7, 11) is 0. The lowest BCUT2D eigenvalue weighted by Crippen LogP contribution is -2.37. The van der Waals surface area contributed by atoms with Crippen LogP contribution >= 0.6 is 0 Å². The van der Waals surface area contributed by atoms with Gasteiger partial charge in [-0.1, -0.05) is 6.42 Å². The van der Waals surface area contributed by atoms with E-state index in [1.54, 1.807) is 0 Å². The van der Waals surface area contributed by atoms with Crippen LogP contribution in [-0.4, -0.2) is 43.3 Å². The Morgan fingerprint density at radius 1 is 1.38 bits per heavy atom. The van der Waals surface area contributed by atoms with Gasteiger partial charge in [0.05, 0.1) is 6.54 Å². The smallest absolute Gasteiger partial charge is 0.407 e. The molecule has 4 heteroatoms. The number of nitrogens with one attached hydrogen (secondary N) is 1. The van der Waals surface area contributed by atoms with Crippen molar-refractivity contribution in [2.75, 3.05) is 26.2 Å². The van der Waals surface area contributed by atoms with Crippen molar-refractivity contribution in [3.8, 4) is 0 Å². The molecule has 0 spiro atoms. The fourth-order valence-corrected chi connectivity index (χ4v) is 1.96. The fraction of sp³-hybridized carbons (Fsp3) is 0.889. The van der Waals surface area contributed by atoms with Crippen LogP contribution in [0.3, 0.4) is 0 Å². The highest BCUT2D eigenvalue weighted by atomic mass is 16.6. The van der Waals surface area contributed by atoms with Crippen molar-refractivity contribution in [2.45, 2.75) is 25.4 Å². The quantitative estimate of drug-likeness (QED) is 0.682. The van der Waals surface area contributed by atoms with Gasteiger partial charge in [-0.3, -0.25) is 4.90 Å². The Morgan fingerprint density at radius 2 is 2.15 bits per heavy atom. The van der Waals surface area contributed by atoms with Crippen molar-refractivity contribution >= 4 is 6.09 Å². The van der Waals surface area contributed by atoms with Gasteiger partial charge < -0.3 is 10.1 Å². The van der Waals surface area contributed by atoms with E-state index in [2.05, 4.69) is 10.2 Å².